The van der Waals surface area contributed by atoms with Crippen molar-refractivity contribution in [3.8, 4) is 0 Å². The molecule has 1 aliphatic heterocycles. The van der Waals surface area contributed by atoms with E-state index in [1.54, 1.807) is 24.3 Å². The van der Waals surface area contributed by atoms with Gasteiger partial charge in [-0.05, 0) is 38.1 Å². The van der Waals surface area contributed by atoms with Crippen LogP contribution in [0.2, 0.25) is 0 Å². The second-order valence-corrected chi connectivity index (χ2v) is 8.87. The predicted molar refractivity (Wildman–Crippen MR) is 120 cm³/mol. The number of halogens is 3. The highest BCUT2D eigenvalue weighted by atomic mass is 32.2. The van der Waals surface area contributed by atoms with Crippen molar-refractivity contribution < 1.29 is 18.0 Å². The molecule has 1 N–H and O–H groups in total. The summed E-state index contributed by atoms with van der Waals surface area (Å²) in [6.07, 6.45) is -4.54. The Balaban J connectivity index is 1.72. The molecule has 0 bridgehead atoms. The molecule has 1 amide bonds. The first-order chi connectivity index (χ1) is 15.2. The van der Waals surface area contributed by atoms with Crippen molar-refractivity contribution in [2.24, 2.45) is 0 Å². The van der Waals surface area contributed by atoms with Gasteiger partial charge >= 0.3 is 6.18 Å². The van der Waals surface area contributed by atoms with Crippen molar-refractivity contribution in [1.29, 1.82) is 0 Å². The Bertz CT molecular complexity index is 913. The van der Waals surface area contributed by atoms with Gasteiger partial charge in [0, 0.05) is 49.6 Å². The number of amides is 1. The topological polar surface area (TPSA) is 61.4 Å². The quantitative estimate of drug-likeness (QED) is 0.489. The fraction of sp³-hybridized carbons (Fsp3) is 0.500. The van der Waals surface area contributed by atoms with Crippen LogP contribution in [0.15, 0.2) is 35.5 Å². The van der Waals surface area contributed by atoms with Crippen molar-refractivity contribution >= 4 is 23.5 Å². The number of carbonyl (C=O) groups excluding carboxylic acids is 1. The van der Waals surface area contributed by atoms with Crippen molar-refractivity contribution in [2.45, 2.75) is 43.9 Å². The third-order valence-corrected chi connectivity index (χ3v) is 6.05. The number of aromatic nitrogens is 2. The van der Waals surface area contributed by atoms with Crippen LogP contribution in [0.4, 0.5) is 19.0 Å². The van der Waals surface area contributed by atoms with E-state index in [1.807, 2.05) is 18.7 Å². The molecule has 6 nitrogen and oxygen atoms in total. The zero-order chi connectivity index (χ0) is 23.3. The molecule has 0 aliphatic carbocycles. The van der Waals surface area contributed by atoms with Crippen LogP contribution in [0.1, 0.15) is 42.4 Å². The number of rotatable bonds is 7. The number of nitrogens with one attached hydrogen (secondary N) is 1. The molecule has 2 heterocycles. The van der Waals surface area contributed by atoms with E-state index in [1.165, 1.54) is 0 Å². The van der Waals surface area contributed by atoms with E-state index in [9.17, 15) is 18.0 Å². The zero-order valence-electron chi connectivity index (χ0n) is 18.4. The summed E-state index contributed by atoms with van der Waals surface area (Å²) < 4.78 is 40.3. The monoisotopic (exact) mass is 467 g/mol. The van der Waals surface area contributed by atoms with Gasteiger partial charge in [0.25, 0.3) is 5.91 Å². The van der Waals surface area contributed by atoms with Crippen molar-refractivity contribution in [2.75, 3.05) is 37.6 Å². The SMILES string of the molecule is CCN1CCN(c2cc(C(F)(F)F)nc(SCc3ccc(C(=O)NC(C)C)cc3)n2)CC1. The molecule has 3 rings (SSSR count). The van der Waals surface area contributed by atoms with Gasteiger partial charge < -0.3 is 15.1 Å². The van der Waals surface area contributed by atoms with E-state index in [-0.39, 0.29) is 17.1 Å². The van der Waals surface area contributed by atoms with Gasteiger partial charge in [-0.3, -0.25) is 4.79 Å². The first-order valence-corrected chi connectivity index (χ1v) is 11.6. The van der Waals surface area contributed by atoms with Gasteiger partial charge in [-0.1, -0.05) is 30.8 Å². The van der Waals surface area contributed by atoms with Gasteiger partial charge in [-0.2, -0.15) is 13.2 Å². The summed E-state index contributed by atoms with van der Waals surface area (Å²) in [5.74, 6) is 0.552. The first-order valence-electron chi connectivity index (χ1n) is 10.6. The number of benzene rings is 1. The van der Waals surface area contributed by atoms with E-state index in [0.29, 0.717) is 30.2 Å². The molecule has 0 spiro atoms. The highest BCUT2D eigenvalue weighted by molar-refractivity contribution is 7.98. The van der Waals surface area contributed by atoms with Gasteiger partial charge in [-0.15, -0.1) is 0 Å². The number of piperazine rings is 1. The summed E-state index contributed by atoms with van der Waals surface area (Å²) in [6.45, 7) is 9.61. The minimum absolute atomic E-state index is 0.0370. The summed E-state index contributed by atoms with van der Waals surface area (Å²) in [6, 6.07) is 8.07. The summed E-state index contributed by atoms with van der Waals surface area (Å²) >= 11 is 1.15. The maximum Gasteiger partial charge on any atom is 0.433 e. The second kappa shape index (κ2) is 10.5. The van der Waals surface area contributed by atoms with E-state index < -0.39 is 11.9 Å². The van der Waals surface area contributed by atoms with Crippen LogP contribution in [0.5, 0.6) is 0 Å². The molecule has 0 radical (unpaired) electrons. The van der Waals surface area contributed by atoms with Crippen LogP contribution in [-0.2, 0) is 11.9 Å². The minimum Gasteiger partial charge on any atom is -0.354 e. The Morgan fingerprint density at radius 2 is 1.78 bits per heavy atom. The maximum atomic E-state index is 13.4. The number of anilines is 1. The molecular formula is C22H28F3N5OS. The van der Waals surface area contributed by atoms with Crippen LogP contribution >= 0.6 is 11.8 Å². The molecule has 0 unspecified atom stereocenters. The molecule has 10 heteroatoms. The number of alkyl halides is 3. The highest BCUT2D eigenvalue weighted by Crippen LogP contribution is 2.32. The summed E-state index contributed by atoms with van der Waals surface area (Å²) in [4.78, 5) is 24.4. The van der Waals surface area contributed by atoms with Crippen LogP contribution in [0, 0.1) is 0 Å². The van der Waals surface area contributed by atoms with E-state index in [4.69, 9.17) is 0 Å². The smallest absolute Gasteiger partial charge is 0.354 e. The van der Waals surface area contributed by atoms with E-state index in [0.717, 1.165) is 43.0 Å². The normalized spacial score (nSPS) is 15.3. The molecule has 1 aromatic heterocycles. The summed E-state index contributed by atoms with van der Waals surface area (Å²) in [5, 5.41) is 2.91. The van der Waals surface area contributed by atoms with E-state index >= 15 is 0 Å². The van der Waals surface area contributed by atoms with Crippen molar-refractivity contribution in [3.05, 3.63) is 47.2 Å². The van der Waals surface area contributed by atoms with Crippen molar-refractivity contribution in [3.63, 3.8) is 0 Å². The molecule has 0 atom stereocenters. The number of hydrogen-bond donors (Lipinski definition) is 1. The minimum atomic E-state index is -4.54. The lowest BCUT2D eigenvalue weighted by molar-refractivity contribution is -0.141. The summed E-state index contributed by atoms with van der Waals surface area (Å²) in [7, 11) is 0. The first kappa shape index (κ1) is 24.3. The third kappa shape index (κ3) is 6.59. The fourth-order valence-electron chi connectivity index (χ4n) is 3.32. The summed E-state index contributed by atoms with van der Waals surface area (Å²) in [5.41, 5.74) is 0.482. The zero-order valence-corrected chi connectivity index (χ0v) is 19.3. The van der Waals surface area contributed by atoms with Crippen LogP contribution in [0.3, 0.4) is 0 Å². The lowest BCUT2D eigenvalue weighted by Gasteiger charge is -2.35. The molecule has 32 heavy (non-hydrogen) atoms. The molecule has 1 aromatic carbocycles. The molecular weight excluding hydrogens is 439 g/mol. The standard InChI is InChI=1S/C22H28F3N5OS/c1-4-29-9-11-30(12-10-29)19-13-18(22(23,24)25)27-21(28-19)32-14-16-5-7-17(8-6-16)20(31)26-15(2)3/h5-8,13,15H,4,9-12,14H2,1-3H3,(H,26,31). The fourth-order valence-corrected chi connectivity index (χ4v) is 4.13. The second-order valence-electron chi connectivity index (χ2n) is 7.93. The predicted octanol–water partition coefficient (Wildman–Crippen LogP) is 4.07. The Morgan fingerprint density at radius 3 is 2.34 bits per heavy atom. The third-order valence-electron chi connectivity index (χ3n) is 5.13. The Hall–Kier alpha value is -2.33. The Morgan fingerprint density at radius 1 is 1.12 bits per heavy atom. The molecule has 0 saturated carbocycles. The average molecular weight is 468 g/mol. The number of nitrogens with zero attached hydrogens (tertiary/aromatic N) is 4. The molecule has 1 saturated heterocycles. The van der Waals surface area contributed by atoms with Crippen LogP contribution < -0.4 is 10.2 Å². The van der Waals surface area contributed by atoms with Gasteiger partial charge in [0.1, 0.15) is 5.82 Å². The van der Waals surface area contributed by atoms with Gasteiger partial charge in [0.2, 0.25) is 0 Å². The number of likely N-dealkylation sites (N-methyl/N-ethyl adjacent to an activating group) is 1. The average Bonchev–Trinajstić information content (AvgIpc) is 2.77. The lowest BCUT2D eigenvalue weighted by atomic mass is 10.1. The van der Waals surface area contributed by atoms with E-state index in [2.05, 4.69) is 27.1 Å². The van der Waals surface area contributed by atoms with Crippen LogP contribution in [-0.4, -0.2) is 59.5 Å². The highest BCUT2D eigenvalue weighted by Gasteiger charge is 2.34. The lowest BCUT2D eigenvalue weighted by Crippen LogP contribution is -2.46. The number of carbonyl (C=O) groups is 1. The molecule has 1 fully saturated rings. The Labute approximate surface area is 190 Å². The number of thioether (sulfide) groups is 1. The van der Waals surface area contributed by atoms with Gasteiger partial charge in [0.15, 0.2) is 10.9 Å². The maximum absolute atomic E-state index is 13.4. The Kier molecular flexibility index (Phi) is 8.00. The van der Waals surface area contributed by atoms with Crippen LogP contribution in [0.25, 0.3) is 0 Å². The molecule has 1 aliphatic rings. The number of hydrogen-bond acceptors (Lipinski definition) is 6. The van der Waals surface area contributed by atoms with Gasteiger partial charge in [0.05, 0.1) is 0 Å². The largest absolute Gasteiger partial charge is 0.433 e. The van der Waals surface area contributed by atoms with Gasteiger partial charge in [-0.25, -0.2) is 9.97 Å². The molecule has 2 aromatic rings. The van der Waals surface area contributed by atoms with Crippen molar-refractivity contribution in [1.82, 2.24) is 20.2 Å². The molecule has 174 valence electrons.